The summed E-state index contributed by atoms with van der Waals surface area (Å²) in [4.78, 5) is 36.9. The van der Waals surface area contributed by atoms with E-state index < -0.39 is 46.2 Å². The van der Waals surface area contributed by atoms with Gasteiger partial charge >= 0.3 is 11.9 Å². The molecule has 4 aliphatic rings. The smallest absolute Gasteiger partial charge is 0.380 e. The first-order valence-corrected chi connectivity index (χ1v) is 17.1. The number of rotatable bonds is 5. The van der Waals surface area contributed by atoms with Crippen LogP contribution in [-0.2, 0) is 15.7 Å². The summed E-state index contributed by atoms with van der Waals surface area (Å²) < 4.78 is 81.1. The molecule has 0 bridgehead atoms. The van der Waals surface area contributed by atoms with E-state index in [0.717, 1.165) is 69.1 Å². The van der Waals surface area contributed by atoms with Crippen LogP contribution in [-0.4, -0.2) is 89.0 Å². The van der Waals surface area contributed by atoms with Gasteiger partial charge in [-0.05, 0) is 64.1 Å². The fourth-order valence-corrected chi connectivity index (χ4v) is 9.20. The lowest BCUT2D eigenvalue weighted by atomic mass is 9.77. The average molecular weight is 690 g/mol. The number of alkyl halides is 3. The van der Waals surface area contributed by atoms with Crippen molar-refractivity contribution in [2.24, 2.45) is 5.41 Å². The van der Waals surface area contributed by atoms with Crippen molar-refractivity contribution in [3.63, 3.8) is 0 Å². The number of hydrogen-bond acceptors (Lipinski definition) is 7. The van der Waals surface area contributed by atoms with Crippen molar-refractivity contribution in [3.05, 3.63) is 64.6 Å². The average Bonchev–Trinajstić information content (AvgIpc) is 3.01. The van der Waals surface area contributed by atoms with Crippen molar-refractivity contribution in [2.75, 3.05) is 56.6 Å². The highest BCUT2D eigenvalue weighted by Gasteiger charge is 2.43. The normalized spacial score (nSPS) is 24.2. The number of benzene rings is 2. The van der Waals surface area contributed by atoms with Crippen molar-refractivity contribution in [2.45, 2.75) is 55.9 Å². The van der Waals surface area contributed by atoms with Gasteiger partial charge in [0.15, 0.2) is 0 Å². The van der Waals surface area contributed by atoms with Crippen LogP contribution >= 0.6 is 11.8 Å². The molecule has 48 heavy (non-hydrogen) atoms. The fraction of sp³-hybridized carbons (Fsp3) is 0.500. The van der Waals surface area contributed by atoms with Gasteiger partial charge in [0.25, 0.3) is 0 Å². The highest BCUT2D eigenvalue weighted by molar-refractivity contribution is 7.99. The number of anilines is 1. The van der Waals surface area contributed by atoms with Crippen LogP contribution in [0.2, 0.25) is 0 Å². The molecule has 0 aliphatic carbocycles. The summed E-state index contributed by atoms with van der Waals surface area (Å²) in [5.41, 5.74) is -2.07. The molecule has 3 fully saturated rings. The van der Waals surface area contributed by atoms with E-state index in [1.165, 1.54) is 10.6 Å². The van der Waals surface area contributed by atoms with E-state index in [0.29, 0.717) is 12.6 Å². The summed E-state index contributed by atoms with van der Waals surface area (Å²) in [5.74, 6) is -1.96. The van der Waals surface area contributed by atoms with Crippen LogP contribution in [0.1, 0.15) is 38.3 Å². The summed E-state index contributed by atoms with van der Waals surface area (Å²) in [6.45, 7) is 11.3. The van der Waals surface area contributed by atoms with Gasteiger partial charge < -0.3 is 19.4 Å². The zero-order valence-electron chi connectivity index (χ0n) is 26.7. The molecule has 0 radical (unpaired) electrons. The number of piperazine rings is 1. The fourth-order valence-electron chi connectivity index (χ4n) is 7.87. The number of piperidine rings is 1. The van der Waals surface area contributed by atoms with Crippen LogP contribution in [0.4, 0.5) is 27.8 Å². The molecule has 4 aliphatic heterocycles. The first-order chi connectivity index (χ1) is 22.8. The van der Waals surface area contributed by atoms with Crippen molar-refractivity contribution < 1.29 is 31.5 Å². The van der Waals surface area contributed by atoms with E-state index >= 15 is 4.39 Å². The molecule has 0 unspecified atom stereocenters. The van der Waals surface area contributed by atoms with E-state index in [1.54, 1.807) is 9.80 Å². The van der Waals surface area contributed by atoms with Gasteiger partial charge in [-0.3, -0.25) is 9.36 Å². The third kappa shape index (κ3) is 5.59. The van der Waals surface area contributed by atoms with Gasteiger partial charge in [-0.2, -0.15) is 18.2 Å². The van der Waals surface area contributed by atoms with Crippen LogP contribution in [0.25, 0.3) is 22.0 Å². The maximum atomic E-state index is 15.3. The number of ether oxygens (including phenoxy) is 1. The zero-order valence-corrected chi connectivity index (χ0v) is 27.5. The Morgan fingerprint density at radius 1 is 1.12 bits per heavy atom. The molecule has 14 heteroatoms. The maximum Gasteiger partial charge on any atom is 0.417 e. The summed E-state index contributed by atoms with van der Waals surface area (Å²) in [7, 11) is 0. The zero-order chi connectivity index (χ0) is 34.1. The first-order valence-electron chi connectivity index (χ1n) is 16.1. The van der Waals surface area contributed by atoms with E-state index in [9.17, 15) is 27.2 Å². The van der Waals surface area contributed by atoms with Crippen LogP contribution in [0.15, 0.2) is 46.6 Å². The molecule has 256 valence electrons. The minimum absolute atomic E-state index is 0.0830. The van der Waals surface area contributed by atoms with Crippen molar-refractivity contribution in [1.29, 1.82) is 0 Å². The van der Waals surface area contributed by atoms with Crippen LogP contribution in [0.3, 0.4) is 0 Å². The molecule has 5 heterocycles. The standard InChI is InChI=1S/C34H36F5N5O3S/c1-4-27(45)43-19(2)13-42(14-20(43)3)31-24-12-25(34(37,38)39)28(23-6-5-21(35)11-26(23)36)30-29(24)44(32(46)40-31)22(16-48-30)15-41-9-7-33(8-10-41)17-47-18-33/h4-6,11-12,19-20,22H,1,7-10,13-18H2,2-3H3/t19-,20+,22-/m0/s1. The summed E-state index contributed by atoms with van der Waals surface area (Å²) >= 11 is 1.15. The highest BCUT2D eigenvalue weighted by Crippen LogP contribution is 2.50. The molecule has 1 aromatic heterocycles. The van der Waals surface area contributed by atoms with Crippen LogP contribution in [0.5, 0.6) is 0 Å². The minimum atomic E-state index is -4.92. The number of hydrogen-bond donors (Lipinski definition) is 0. The van der Waals surface area contributed by atoms with E-state index in [2.05, 4.69) is 16.5 Å². The third-order valence-electron chi connectivity index (χ3n) is 10.3. The Morgan fingerprint density at radius 2 is 1.81 bits per heavy atom. The molecule has 3 saturated heterocycles. The van der Waals surface area contributed by atoms with Crippen molar-refractivity contribution in [1.82, 2.24) is 19.4 Å². The molecule has 8 nitrogen and oxygen atoms in total. The topological polar surface area (TPSA) is 70.9 Å². The Balaban J connectivity index is 1.41. The maximum absolute atomic E-state index is 15.3. The Bertz CT molecular complexity index is 1840. The Labute approximate surface area is 278 Å². The van der Waals surface area contributed by atoms with Gasteiger partial charge in [-0.15, -0.1) is 11.8 Å². The number of amides is 1. The quantitative estimate of drug-likeness (QED) is 0.251. The number of aromatic nitrogens is 2. The second-order valence-corrected chi connectivity index (χ2v) is 14.6. The number of carbonyl (C=O) groups is 1. The minimum Gasteiger partial charge on any atom is -0.380 e. The van der Waals surface area contributed by atoms with Gasteiger partial charge in [0.1, 0.15) is 17.5 Å². The van der Waals surface area contributed by atoms with E-state index in [1.807, 2.05) is 13.8 Å². The molecular weight excluding hydrogens is 653 g/mol. The van der Waals surface area contributed by atoms with Crippen LogP contribution < -0.4 is 10.6 Å². The lowest BCUT2D eigenvalue weighted by Crippen LogP contribution is -2.58. The van der Waals surface area contributed by atoms with Gasteiger partial charge in [-0.1, -0.05) is 6.58 Å². The Kier molecular flexibility index (Phi) is 8.35. The van der Waals surface area contributed by atoms with Gasteiger partial charge in [0.05, 0.1) is 30.3 Å². The monoisotopic (exact) mass is 689 g/mol. The number of thioether (sulfide) groups is 1. The van der Waals surface area contributed by atoms with E-state index in [4.69, 9.17) is 4.74 Å². The number of carbonyl (C=O) groups excluding carboxylic acids is 1. The van der Waals surface area contributed by atoms with Crippen molar-refractivity contribution >= 4 is 34.4 Å². The Morgan fingerprint density at radius 3 is 2.40 bits per heavy atom. The molecule has 1 spiro atoms. The molecule has 2 aromatic carbocycles. The predicted molar refractivity (Wildman–Crippen MR) is 173 cm³/mol. The molecular formula is C34H36F5N5O3S. The third-order valence-corrected chi connectivity index (χ3v) is 11.5. The Hall–Kier alpha value is -3.49. The van der Waals surface area contributed by atoms with Gasteiger partial charge in [-0.25, -0.2) is 13.6 Å². The lowest BCUT2D eigenvalue weighted by Gasteiger charge is -2.48. The lowest BCUT2D eigenvalue weighted by molar-refractivity contribution is -0.140. The molecule has 3 aromatic rings. The SMILES string of the molecule is C=CC(=O)N1[C@H](C)CN(c2nc(=O)n3c4c(c(-c5ccc(F)cc5F)c(C(F)(F)F)cc24)SC[C@@H]3CN2CCC3(CC2)COC3)C[C@@H]1C. The summed E-state index contributed by atoms with van der Waals surface area (Å²) in [5, 5.41) is 0.118. The number of likely N-dealkylation sites (tertiary alicyclic amines) is 1. The van der Waals surface area contributed by atoms with Gasteiger partial charge in [0.2, 0.25) is 5.91 Å². The summed E-state index contributed by atoms with van der Waals surface area (Å²) in [6.07, 6.45) is -1.77. The molecule has 7 rings (SSSR count). The molecule has 0 saturated carbocycles. The first kappa shape index (κ1) is 33.0. The second-order valence-electron chi connectivity index (χ2n) is 13.5. The molecule has 3 atom stereocenters. The number of halogens is 5. The van der Waals surface area contributed by atoms with E-state index in [-0.39, 0.29) is 63.9 Å². The summed E-state index contributed by atoms with van der Waals surface area (Å²) in [6, 6.07) is 2.35. The predicted octanol–water partition coefficient (Wildman–Crippen LogP) is 5.73. The largest absolute Gasteiger partial charge is 0.417 e. The number of nitrogens with zero attached hydrogens (tertiary/aromatic N) is 5. The molecule has 1 amide bonds. The van der Waals surface area contributed by atoms with Gasteiger partial charge in [0, 0.05) is 70.4 Å². The highest BCUT2D eigenvalue weighted by atomic mass is 32.2. The molecule has 0 N–H and O–H groups in total. The second kappa shape index (κ2) is 12.1. The van der Waals surface area contributed by atoms with Crippen LogP contribution in [0, 0.1) is 17.0 Å². The van der Waals surface area contributed by atoms with Crippen molar-refractivity contribution in [3.8, 4) is 11.1 Å².